The zero-order valence-electron chi connectivity index (χ0n) is 13.5. The van der Waals surface area contributed by atoms with E-state index in [0.717, 1.165) is 11.3 Å². The Labute approximate surface area is 141 Å². The molecule has 2 rings (SSSR count). The molecule has 1 aromatic rings. The van der Waals surface area contributed by atoms with Gasteiger partial charge >= 0.3 is 0 Å². The number of amides is 1. The number of carbonyl (C=O) groups is 1. The van der Waals surface area contributed by atoms with E-state index in [1.807, 2.05) is 12.1 Å². The van der Waals surface area contributed by atoms with Gasteiger partial charge in [0.05, 0.1) is 17.9 Å². The van der Waals surface area contributed by atoms with E-state index in [1.54, 1.807) is 24.5 Å². The number of nitrogens with one attached hydrogen (secondary N) is 1. The number of carbonyl (C=O) groups excluding carboxylic acids is 1. The Hall–Kier alpha value is -1.25. The zero-order chi connectivity index (χ0) is 16.9. The zero-order valence-corrected chi connectivity index (χ0v) is 15.1. The molecule has 1 atom stereocenters. The predicted octanol–water partition coefficient (Wildman–Crippen LogP) is 1.82. The molecule has 1 aliphatic rings. The van der Waals surface area contributed by atoms with Gasteiger partial charge in [0.15, 0.2) is 0 Å². The van der Waals surface area contributed by atoms with Crippen molar-refractivity contribution in [2.45, 2.75) is 33.1 Å². The maximum atomic E-state index is 12.2. The van der Waals surface area contributed by atoms with Crippen LogP contribution in [0.15, 0.2) is 17.2 Å². The molecule has 1 saturated heterocycles. The number of hydrazone groups is 1. The van der Waals surface area contributed by atoms with Gasteiger partial charge in [0, 0.05) is 22.8 Å². The van der Waals surface area contributed by atoms with Crippen molar-refractivity contribution in [2.75, 3.05) is 18.8 Å². The summed E-state index contributed by atoms with van der Waals surface area (Å²) in [5, 5.41) is 3.99. The van der Waals surface area contributed by atoms with E-state index in [0.29, 0.717) is 19.4 Å². The summed E-state index contributed by atoms with van der Waals surface area (Å²) in [6, 6.07) is 4.01. The molecule has 0 saturated carbocycles. The minimum Gasteiger partial charge on any atom is -0.273 e. The molecule has 0 bridgehead atoms. The number of piperidine rings is 1. The Morgan fingerprint density at radius 2 is 2.26 bits per heavy atom. The first kappa shape index (κ1) is 18.1. The van der Waals surface area contributed by atoms with Gasteiger partial charge in [0.2, 0.25) is 15.9 Å². The van der Waals surface area contributed by atoms with Gasteiger partial charge in [0.25, 0.3) is 0 Å². The summed E-state index contributed by atoms with van der Waals surface area (Å²) >= 11 is 1.64. The Kier molecular flexibility index (Phi) is 6.32. The maximum Gasteiger partial charge on any atom is 0.244 e. The Balaban J connectivity index is 1.90. The molecule has 6 nitrogen and oxygen atoms in total. The molecule has 1 aromatic heterocycles. The summed E-state index contributed by atoms with van der Waals surface area (Å²) in [5.41, 5.74) is 2.53. The number of sulfonamides is 1. The molecule has 1 aliphatic heterocycles. The lowest BCUT2D eigenvalue weighted by atomic mass is 9.99. The molecule has 0 spiro atoms. The second-order valence-electron chi connectivity index (χ2n) is 5.49. The van der Waals surface area contributed by atoms with Crippen LogP contribution in [0.3, 0.4) is 0 Å². The number of rotatable bonds is 6. The fourth-order valence-electron chi connectivity index (χ4n) is 2.50. The molecule has 1 fully saturated rings. The number of aryl methyl sites for hydroxylation is 1. The van der Waals surface area contributed by atoms with Crippen molar-refractivity contribution >= 4 is 33.5 Å². The predicted molar refractivity (Wildman–Crippen MR) is 93.2 cm³/mol. The maximum absolute atomic E-state index is 12.2. The minimum atomic E-state index is -3.23. The quantitative estimate of drug-likeness (QED) is 0.623. The number of hydrogen-bond donors (Lipinski definition) is 1. The topological polar surface area (TPSA) is 78.8 Å². The first-order valence-electron chi connectivity index (χ1n) is 7.85. The Morgan fingerprint density at radius 1 is 1.48 bits per heavy atom. The summed E-state index contributed by atoms with van der Waals surface area (Å²) in [6.45, 7) is 4.46. The standard InChI is InChI=1S/C15H23N3O3S2/c1-3-13-7-8-14(22-13)10-16-17-15(19)12-6-5-9-18(11-12)23(20,21)4-2/h7-8,10,12H,3-6,9,11H2,1-2H3,(H,17,19). The fourth-order valence-corrected chi connectivity index (χ4v) is 4.50. The smallest absolute Gasteiger partial charge is 0.244 e. The Bertz CT molecular complexity index is 667. The van der Waals surface area contributed by atoms with E-state index in [9.17, 15) is 13.2 Å². The highest BCUT2D eigenvalue weighted by atomic mass is 32.2. The summed E-state index contributed by atoms with van der Waals surface area (Å²) in [6.07, 6.45) is 4.00. The van der Waals surface area contributed by atoms with E-state index in [2.05, 4.69) is 17.5 Å². The Morgan fingerprint density at radius 3 is 2.91 bits per heavy atom. The molecule has 0 aliphatic carbocycles. The molecule has 8 heteroatoms. The molecule has 1 unspecified atom stereocenters. The van der Waals surface area contributed by atoms with Crippen LogP contribution >= 0.6 is 11.3 Å². The molecule has 1 amide bonds. The highest BCUT2D eigenvalue weighted by Crippen LogP contribution is 2.19. The van der Waals surface area contributed by atoms with Crippen LogP contribution in [0.4, 0.5) is 0 Å². The van der Waals surface area contributed by atoms with Crippen LogP contribution in [0.2, 0.25) is 0 Å². The van der Waals surface area contributed by atoms with Gasteiger partial charge in [-0.1, -0.05) is 6.92 Å². The number of nitrogens with zero attached hydrogens (tertiary/aromatic N) is 2. The van der Waals surface area contributed by atoms with Crippen LogP contribution in [-0.2, 0) is 21.2 Å². The third kappa shape index (κ3) is 4.86. The van der Waals surface area contributed by atoms with Crippen molar-refractivity contribution in [2.24, 2.45) is 11.0 Å². The van der Waals surface area contributed by atoms with Crippen LogP contribution in [0.5, 0.6) is 0 Å². The molecule has 0 aromatic carbocycles. The van der Waals surface area contributed by atoms with Crippen molar-refractivity contribution in [3.63, 3.8) is 0 Å². The van der Waals surface area contributed by atoms with Gasteiger partial charge in [0.1, 0.15) is 0 Å². The lowest BCUT2D eigenvalue weighted by Gasteiger charge is -2.30. The molecule has 128 valence electrons. The monoisotopic (exact) mass is 357 g/mol. The van der Waals surface area contributed by atoms with Gasteiger partial charge in [-0.3, -0.25) is 4.79 Å². The highest BCUT2D eigenvalue weighted by molar-refractivity contribution is 7.89. The molecule has 1 N–H and O–H groups in total. The number of thiophene rings is 1. The van der Waals surface area contributed by atoms with Crippen molar-refractivity contribution in [3.8, 4) is 0 Å². The second-order valence-corrected chi connectivity index (χ2v) is 8.95. The summed E-state index contributed by atoms with van der Waals surface area (Å²) in [5.74, 6) is -0.487. The summed E-state index contributed by atoms with van der Waals surface area (Å²) < 4.78 is 25.3. The van der Waals surface area contributed by atoms with E-state index in [4.69, 9.17) is 0 Å². The average molecular weight is 358 g/mol. The highest BCUT2D eigenvalue weighted by Gasteiger charge is 2.31. The molecule has 23 heavy (non-hydrogen) atoms. The summed E-state index contributed by atoms with van der Waals surface area (Å²) in [4.78, 5) is 14.4. The third-order valence-corrected chi connectivity index (χ3v) is 6.92. The van der Waals surface area contributed by atoms with Crippen LogP contribution in [-0.4, -0.2) is 43.7 Å². The first-order valence-corrected chi connectivity index (χ1v) is 10.3. The van der Waals surface area contributed by atoms with Crippen molar-refractivity contribution < 1.29 is 13.2 Å². The van der Waals surface area contributed by atoms with Crippen LogP contribution < -0.4 is 5.43 Å². The van der Waals surface area contributed by atoms with Gasteiger partial charge in [-0.15, -0.1) is 11.3 Å². The van der Waals surface area contributed by atoms with Crippen molar-refractivity contribution in [1.29, 1.82) is 0 Å². The average Bonchev–Trinajstić information content (AvgIpc) is 3.03. The van der Waals surface area contributed by atoms with Crippen molar-refractivity contribution in [1.82, 2.24) is 9.73 Å². The molecule has 2 heterocycles. The third-order valence-electron chi connectivity index (χ3n) is 3.91. The van der Waals surface area contributed by atoms with Crippen LogP contribution in [0, 0.1) is 5.92 Å². The summed E-state index contributed by atoms with van der Waals surface area (Å²) in [7, 11) is -3.23. The van der Waals surface area contributed by atoms with E-state index >= 15 is 0 Å². The van der Waals surface area contributed by atoms with Gasteiger partial charge in [-0.05, 0) is 38.3 Å². The second kappa shape index (κ2) is 8.03. The van der Waals surface area contributed by atoms with Crippen LogP contribution in [0.25, 0.3) is 0 Å². The first-order chi connectivity index (χ1) is 11.0. The molecular weight excluding hydrogens is 334 g/mol. The SMILES string of the molecule is CCc1ccc(C=NNC(=O)C2CCCN(S(=O)(=O)CC)C2)s1. The van der Waals surface area contributed by atoms with Crippen LogP contribution in [0.1, 0.15) is 36.4 Å². The van der Waals surface area contributed by atoms with Crippen molar-refractivity contribution in [3.05, 3.63) is 21.9 Å². The fraction of sp³-hybridized carbons (Fsp3) is 0.600. The van der Waals surface area contributed by atoms with E-state index < -0.39 is 10.0 Å². The molecular formula is C15H23N3O3S2. The largest absolute Gasteiger partial charge is 0.273 e. The van der Waals surface area contributed by atoms with Gasteiger partial charge in [-0.25, -0.2) is 18.1 Å². The lowest BCUT2D eigenvalue weighted by Crippen LogP contribution is -2.45. The minimum absolute atomic E-state index is 0.0671. The number of hydrogen-bond acceptors (Lipinski definition) is 5. The molecule has 0 radical (unpaired) electrons. The van der Waals surface area contributed by atoms with E-state index in [-0.39, 0.29) is 24.1 Å². The normalized spacial score (nSPS) is 20.0. The van der Waals surface area contributed by atoms with Gasteiger partial charge in [-0.2, -0.15) is 5.10 Å². The lowest BCUT2D eigenvalue weighted by molar-refractivity contribution is -0.126. The van der Waals surface area contributed by atoms with Gasteiger partial charge < -0.3 is 0 Å². The van der Waals surface area contributed by atoms with E-state index in [1.165, 1.54) is 9.18 Å².